The number of carbonyl (C=O) groups is 2. The van der Waals surface area contributed by atoms with Gasteiger partial charge in [0.25, 0.3) is 0 Å². The van der Waals surface area contributed by atoms with E-state index < -0.39 is 5.97 Å². The monoisotopic (exact) mass is 532 g/mol. The van der Waals surface area contributed by atoms with E-state index in [1.807, 2.05) is 0 Å². The maximum Gasteiger partial charge on any atom is 0.306 e. The van der Waals surface area contributed by atoms with Crippen molar-refractivity contribution in [3.8, 4) is 0 Å². The maximum absolute atomic E-state index is 12.2. The van der Waals surface area contributed by atoms with Crippen molar-refractivity contribution in [1.82, 2.24) is 0 Å². The van der Waals surface area contributed by atoms with E-state index in [0.29, 0.717) is 12.8 Å². The first kappa shape index (κ1) is 36.2. The summed E-state index contributed by atoms with van der Waals surface area (Å²) in [5, 5.41) is 8.64. The van der Waals surface area contributed by atoms with Crippen LogP contribution in [0.25, 0.3) is 0 Å². The second kappa shape index (κ2) is 29.7. The number of aliphatic carboxylic acids is 1. The van der Waals surface area contributed by atoms with Crippen molar-refractivity contribution in [3.05, 3.63) is 36.5 Å². The lowest BCUT2D eigenvalue weighted by Gasteiger charge is -2.16. The van der Waals surface area contributed by atoms with Gasteiger partial charge in [-0.15, -0.1) is 0 Å². The molecule has 0 spiro atoms. The number of unbranched alkanes of at least 4 members (excludes halogenated alkanes) is 14. The highest BCUT2D eigenvalue weighted by Gasteiger charge is 2.12. The Kier molecular flexibility index (Phi) is 28.3. The molecule has 0 radical (unpaired) electrons. The number of rotatable bonds is 28. The van der Waals surface area contributed by atoms with E-state index in [9.17, 15) is 9.59 Å². The van der Waals surface area contributed by atoms with Gasteiger partial charge in [0.05, 0.1) is 0 Å². The summed E-state index contributed by atoms with van der Waals surface area (Å²) >= 11 is 0. The van der Waals surface area contributed by atoms with Crippen molar-refractivity contribution in [2.24, 2.45) is 0 Å². The maximum atomic E-state index is 12.2. The van der Waals surface area contributed by atoms with Crippen LogP contribution in [-0.4, -0.2) is 23.1 Å². The number of allylic oxidation sites excluding steroid dienone is 6. The van der Waals surface area contributed by atoms with Crippen molar-refractivity contribution in [3.63, 3.8) is 0 Å². The molecule has 0 bridgehead atoms. The largest absolute Gasteiger partial charge is 0.481 e. The first-order valence-corrected chi connectivity index (χ1v) is 16.0. The number of carboxylic acids is 1. The smallest absolute Gasteiger partial charge is 0.306 e. The molecule has 0 fully saturated rings. The fraction of sp³-hybridized carbons (Fsp3) is 0.765. The highest BCUT2D eigenvalue weighted by Crippen LogP contribution is 2.16. The summed E-state index contributed by atoms with van der Waals surface area (Å²) in [6.07, 6.45) is 38.0. The van der Waals surface area contributed by atoms with E-state index in [4.69, 9.17) is 9.84 Å². The molecule has 0 aliphatic rings. The van der Waals surface area contributed by atoms with E-state index in [2.05, 4.69) is 50.3 Å². The number of hydrogen-bond donors (Lipinski definition) is 1. The molecular weight excluding hydrogens is 472 g/mol. The van der Waals surface area contributed by atoms with E-state index >= 15 is 0 Å². The van der Waals surface area contributed by atoms with E-state index in [0.717, 1.165) is 77.0 Å². The minimum Gasteiger partial charge on any atom is -0.481 e. The van der Waals surface area contributed by atoms with Crippen molar-refractivity contribution < 1.29 is 19.4 Å². The standard InChI is InChI=1S/C34H60O4/c1-3-5-6-7-8-9-10-11-12-13-14-19-22-25-28-31-34(37)38-32(4-2)29-26-23-20-17-15-16-18-21-24-27-30-33(35)36/h5-6,8-9,11-12,32H,3-4,7,10,13-31H2,1-2H3,(H,35,36)/b6-5-,9-8-,12-11-. The van der Waals surface area contributed by atoms with Gasteiger partial charge in [-0.3, -0.25) is 9.59 Å². The minimum atomic E-state index is -0.680. The van der Waals surface area contributed by atoms with Crippen LogP contribution in [0.1, 0.15) is 162 Å². The zero-order valence-corrected chi connectivity index (χ0v) is 25.0. The van der Waals surface area contributed by atoms with Crippen LogP contribution < -0.4 is 0 Å². The van der Waals surface area contributed by atoms with E-state index in [-0.39, 0.29) is 12.1 Å². The molecule has 4 heteroatoms. The molecule has 0 amide bonds. The predicted molar refractivity (Wildman–Crippen MR) is 162 cm³/mol. The second-order valence-electron chi connectivity index (χ2n) is 10.6. The van der Waals surface area contributed by atoms with Crippen molar-refractivity contribution in [1.29, 1.82) is 0 Å². The number of esters is 1. The van der Waals surface area contributed by atoms with Crippen LogP contribution in [0.15, 0.2) is 36.5 Å². The number of carboxylic acid groups (broad SMARTS) is 1. The van der Waals surface area contributed by atoms with Crippen LogP contribution >= 0.6 is 0 Å². The Bertz CT molecular complexity index is 620. The van der Waals surface area contributed by atoms with Gasteiger partial charge in [-0.1, -0.05) is 121 Å². The predicted octanol–water partition coefficient (Wildman–Crippen LogP) is 10.7. The summed E-state index contributed by atoms with van der Waals surface area (Å²) in [4.78, 5) is 22.7. The van der Waals surface area contributed by atoms with Gasteiger partial charge >= 0.3 is 11.9 Å². The van der Waals surface area contributed by atoms with E-state index in [1.165, 1.54) is 57.8 Å². The summed E-state index contributed by atoms with van der Waals surface area (Å²) in [7, 11) is 0. The zero-order valence-electron chi connectivity index (χ0n) is 25.0. The van der Waals surface area contributed by atoms with Gasteiger partial charge < -0.3 is 9.84 Å². The summed E-state index contributed by atoms with van der Waals surface area (Å²) in [6.45, 7) is 4.27. The SMILES string of the molecule is CC/C=C\C/C=C\C/C=C\CCCCCCCC(=O)OC(CC)CCCCCCCCCCCCC(=O)O. The lowest BCUT2D eigenvalue weighted by atomic mass is 10.0. The topological polar surface area (TPSA) is 63.6 Å². The summed E-state index contributed by atoms with van der Waals surface area (Å²) in [6, 6.07) is 0. The highest BCUT2D eigenvalue weighted by molar-refractivity contribution is 5.69. The summed E-state index contributed by atoms with van der Waals surface area (Å²) in [5.74, 6) is -0.692. The van der Waals surface area contributed by atoms with Crippen LogP contribution in [0.2, 0.25) is 0 Å². The molecule has 0 aliphatic carbocycles. The summed E-state index contributed by atoms with van der Waals surface area (Å²) in [5.41, 5.74) is 0. The molecule has 0 aromatic rings. The molecule has 0 aromatic carbocycles. The Labute approximate surface area is 235 Å². The first-order chi connectivity index (χ1) is 18.6. The van der Waals surface area contributed by atoms with Crippen molar-refractivity contribution in [2.45, 2.75) is 168 Å². The lowest BCUT2D eigenvalue weighted by molar-refractivity contribution is -0.149. The number of hydrogen-bond acceptors (Lipinski definition) is 3. The average molecular weight is 533 g/mol. The number of ether oxygens (including phenoxy) is 1. The Morgan fingerprint density at radius 1 is 0.605 bits per heavy atom. The Balaban J connectivity index is 3.52. The molecule has 0 aliphatic heterocycles. The Hall–Kier alpha value is -1.84. The quantitative estimate of drug-likeness (QED) is 0.0618. The van der Waals surface area contributed by atoms with Gasteiger partial charge in [0, 0.05) is 12.8 Å². The van der Waals surface area contributed by atoms with Crippen LogP contribution in [0.5, 0.6) is 0 Å². The van der Waals surface area contributed by atoms with Crippen molar-refractivity contribution >= 4 is 11.9 Å². The van der Waals surface area contributed by atoms with Crippen molar-refractivity contribution in [2.75, 3.05) is 0 Å². The third kappa shape index (κ3) is 28.7. The Morgan fingerprint density at radius 2 is 1.08 bits per heavy atom. The minimum absolute atomic E-state index is 0.0126. The molecule has 0 heterocycles. The van der Waals surface area contributed by atoms with Gasteiger partial charge in [-0.2, -0.15) is 0 Å². The number of carbonyl (C=O) groups excluding carboxylic acids is 1. The molecule has 1 N–H and O–H groups in total. The normalized spacial score (nSPS) is 12.7. The lowest BCUT2D eigenvalue weighted by Crippen LogP contribution is -2.17. The van der Waals surface area contributed by atoms with Crippen LogP contribution in [0, 0.1) is 0 Å². The average Bonchev–Trinajstić information content (AvgIpc) is 2.90. The van der Waals surface area contributed by atoms with E-state index in [1.54, 1.807) is 0 Å². The molecule has 1 atom stereocenters. The van der Waals surface area contributed by atoms with Gasteiger partial charge in [0.2, 0.25) is 0 Å². The van der Waals surface area contributed by atoms with Gasteiger partial charge in [0.15, 0.2) is 0 Å². The molecule has 0 saturated heterocycles. The molecule has 1 unspecified atom stereocenters. The highest BCUT2D eigenvalue weighted by atomic mass is 16.5. The molecule has 0 rings (SSSR count). The van der Waals surface area contributed by atoms with Gasteiger partial charge in [0.1, 0.15) is 6.10 Å². The zero-order chi connectivity index (χ0) is 27.9. The molecule has 220 valence electrons. The third-order valence-corrected chi connectivity index (χ3v) is 6.95. The fourth-order valence-electron chi connectivity index (χ4n) is 4.54. The fourth-order valence-corrected chi connectivity index (χ4v) is 4.54. The molecule has 4 nitrogen and oxygen atoms in total. The van der Waals surface area contributed by atoms with Crippen LogP contribution in [0.4, 0.5) is 0 Å². The molecule has 38 heavy (non-hydrogen) atoms. The second-order valence-corrected chi connectivity index (χ2v) is 10.6. The molecular formula is C34H60O4. The Morgan fingerprint density at radius 3 is 1.63 bits per heavy atom. The van der Waals surface area contributed by atoms with Crippen LogP contribution in [0.3, 0.4) is 0 Å². The third-order valence-electron chi connectivity index (χ3n) is 6.95. The first-order valence-electron chi connectivity index (χ1n) is 16.0. The molecule has 0 aromatic heterocycles. The molecule has 0 saturated carbocycles. The van der Waals surface area contributed by atoms with Gasteiger partial charge in [-0.25, -0.2) is 0 Å². The van der Waals surface area contributed by atoms with Crippen LogP contribution in [-0.2, 0) is 14.3 Å². The van der Waals surface area contributed by atoms with Gasteiger partial charge in [-0.05, 0) is 64.2 Å². The summed E-state index contributed by atoms with van der Waals surface area (Å²) < 4.78 is 5.73.